The lowest BCUT2D eigenvalue weighted by molar-refractivity contribution is 0.166. The summed E-state index contributed by atoms with van der Waals surface area (Å²) in [7, 11) is 0. The molecule has 3 rings (SSSR count). The van der Waals surface area contributed by atoms with Crippen LogP contribution >= 0.6 is 24.8 Å². The zero-order valence-electron chi connectivity index (χ0n) is 13.4. The largest absolute Gasteiger partial charge is 0.314 e. The Kier molecular flexibility index (Phi) is 8.64. The number of nitrogens with one attached hydrogen (secondary N) is 1. The van der Waals surface area contributed by atoms with E-state index in [0.29, 0.717) is 6.04 Å². The fraction of sp³-hybridized carbons (Fsp3) is 0.368. The molecule has 0 amide bonds. The molecule has 0 bridgehead atoms. The van der Waals surface area contributed by atoms with E-state index in [1.807, 2.05) is 6.08 Å². The second-order valence-electron chi connectivity index (χ2n) is 5.77. The molecular weight excluding hydrogens is 327 g/mol. The summed E-state index contributed by atoms with van der Waals surface area (Å²) < 4.78 is 0. The molecule has 1 aliphatic heterocycles. The molecule has 0 aromatic heterocycles. The molecule has 126 valence electrons. The van der Waals surface area contributed by atoms with Gasteiger partial charge in [0.25, 0.3) is 0 Å². The maximum Gasteiger partial charge on any atom is 0.0352 e. The number of fused-ring (bicyclic) bond motifs is 1. The highest BCUT2D eigenvalue weighted by Gasteiger charge is 2.21. The predicted octanol–water partition coefficient (Wildman–Crippen LogP) is 4.60. The maximum atomic E-state index is 3.89. The van der Waals surface area contributed by atoms with Crippen molar-refractivity contribution >= 4 is 35.6 Å². The lowest BCUT2D eigenvalue weighted by Crippen LogP contribution is -2.45. The Balaban J connectivity index is 0.00000132. The van der Waals surface area contributed by atoms with Gasteiger partial charge < -0.3 is 5.32 Å². The lowest BCUT2D eigenvalue weighted by Gasteiger charge is -2.35. The molecule has 4 heteroatoms. The Hall–Kier alpha value is -1.06. The second kappa shape index (κ2) is 9.94. The molecule has 0 spiro atoms. The summed E-state index contributed by atoms with van der Waals surface area (Å²) in [6.07, 6.45) is 4.26. The van der Waals surface area contributed by atoms with Crippen molar-refractivity contribution in [1.82, 2.24) is 10.2 Å². The molecule has 1 saturated heterocycles. The van der Waals surface area contributed by atoms with Crippen LogP contribution in [-0.2, 0) is 0 Å². The van der Waals surface area contributed by atoms with E-state index in [4.69, 9.17) is 0 Å². The van der Waals surface area contributed by atoms with E-state index in [2.05, 4.69) is 59.3 Å². The normalized spacial score (nSPS) is 16.2. The van der Waals surface area contributed by atoms with Gasteiger partial charge in [-0.25, -0.2) is 0 Å². The molecule has 23 heavy (non-hydrogen) atoms. The summed E-state index contributed by atoms with van der Waals surface area (Å²) in [6.45, 7) is 8.35. The quantitative estimate of drug-likeness (QED) is 0.791. The standard InChI is InChI=1S/C19H24N2.2ClH/c1-2-3-8-19(21-13-11-20-12-14-21)18-10-9-16-6-4-5-7-17(16)15-18;;/h2,4-7,9-10,15,19-20H,1,3,8,11-14H2;2*1H/t19-;;/m0../s1. The molecule has 1 fully saturated rings. The number of nitrogens with zero attached hydrogens (tertiary/aromatic N) is 1. The third-order valence-corrected chi connectivity index (χ3v) is 4.39. The fourth-order valence-corrected chi connectivity index (χ4v) is 3.24. The van der Waals surface area contributed by atoms with E-state index in [1.54, 1.807) is 0 Å². The monoisotopic (exact) mass is 352 g/mol. The van der Waals surface area contributed by atoms with Crippen LogP contribution in [0.25, 0.3) is 10.8 Å². The van der Waals surface area contributed by atoms with Crippen LogP contribution in [0, 0.1) is 0 Å². The van der Waals surface area contributed by atoms with Crippen LogP contribution in [0.4, 0.5) is 0 Å². The molecule has 2 aromatic carbocycles. The Labute approximate surface area is 151 Å². The first-order chi connectivity index (χ1) is 10.4. The second-order valence-corrected chi connectivity index (χ2v) is 5.77. The third kappa shape index (κ3) is 4.95. The van der Waals surface area contributed by atoms with Crippen LogP contribution in [0.5, 0.6) is 0 Å². The van der Waals surface area contributed by atoms with E-state index in [1.165, 1.54) is 16.3 Å². The molecule has 1 heterocycles. The van der Waals surface area contributed by atoms with Crippen molar-refractivity contribution < 1.29 is 0 Å². The number of piperazine rings is 1. The van der Waals surface area contributed by atoms with Gasteiger partial charge in [0.05, 0.1) is 0 Å². The molecular formula is C19H26Cl2N2. The van der Waals surface area contributed by atoms with E-state index in [9.17, 15) is 0 Å². The number of hydrogen-bond donors (Lipinski definition) is 1. The molecule has 0 radical (unpaired) electrons. The van der Waals surface area contributed by atoms with Crippen molar-refractivity contribution in [3.63, 3.8) is 0 Å². The summed E-state index contributed by atoms with van der Waals surface area (Å²) in [5, 5.41) is 6.11. The number of benzene rings is 2. The number of allylic oxidation sites excluding steroid dienone is 1. The topological polar surface area (TPSA) is 15.3 Å². The Morgan fingerprint density at radius 1 is 1.04 bits per heavy atom. The first kappa shape index (κ1) is 20.0. The van der Waals surface area contributed by atoms with Crippen LogP contribution in [0.3, 0.4) is 0 Å². The van der Waals surface area contributed by atoms with Crippen molar-refractivity contribution in [3.05, 3.63) is 60.7 Å². The maximum absolute atomic E-state index is 3.89. The van der Waals surface area contributed by atoms with Gasteiger partial charge in [0, 0.05) is 32.2 Å². The van der Waals surface area contributed by atoms with E-state index in [0.717, 1.165) is 39.0 Å². The van der Waals surface area contributed by atoms with Crippen molar-refractivity contribution in [1.29, 1.82) is 0 Å². The Morgan fingerprint density at radius 3 is 2.43 bits per heavy atom. The SMILES string of the molecule is C=CCC[C@@H](c1ccc2ccccc2c1)N1CCNCC1.Cl.Cl. The Morgan fingerprint density at radius 2 is 1.74 bits per heavy atom. The smallest absolute Gasteiger partial charge is 0.0352 e. The fourth-order valence-electron chi connectivity index (χ4n) is 3.24. The van der Waals surface area contributed by atoms with Gasteiger partial charge in [-0.15, -0.1) is 31.4 Å². The minimum atomic E-state index is 0. The van der Waals surface area contributed by atoms with Crippen LogP contribution in [0.2, 0.25) is 0 Å². The molecule has 2 nitrogen and oxygen atoms in total. The minimum Gasteiger partial charge on any atom is -0.314 e. The number of halogens is 2. The molecule has 1 atom stereocenters. The lowest BCUT2D eigenvalue weighted by atomic mass is 9.96. The third-order valence-electron chi connectivity index (χ3n) is 4.39. The van der Waals surface area contributed by atoms with Crippen LogP contribution in [-0.4, -0.2) is 31.1 Å². The molecule has 2 aromatic rings. The van der Waals surface area contributed by atoms with Gasteiger partial charge in [-0.1, -0.05) is 42.5 Å². The molecule has 0 aliphatic carbocycles. The van der Waals surface area contributed by atoms with Gasteiger partial charge in [0.1, 0.15) is 0 Å². The highest BCUT2D eigenvalue weighted by Crippen LogP contribution is 2.28. The summed E-state index contributed by atoms with van der Waals surface area (Å²) in [5.74, 6) is 0. The van der Waals surface area contributed by atoms with Gasteiger partial charge in [-0.2, -0.15) is 0 Å². The number of rotatable bonds is 5. The molecule has 0 saturated carbocycles. The first-order valence-electron chi connectivity index (χ1n) is 7.93. The summed E-state index contributed by atoms with van der Waals surface area (Å²) in [6, 6.07) is 16.1. The average molecular weight is 353 g/mol. The van der Waals surface area contributed by atoms with Gasteiger partial charge >= 0.3 is 0 Å². The van der Waals surface area contributed by atoms with Crippen LogP contribution < -0.4 is 5.32 Å². The zero-order chi connectivity index (χ0) is 14.5. The summed E-state index contributed by atoms with van der Waals surface area (Å²) in [4.78, 5) is 2.62. The first-order valence-corrected chi connectivity index (χ1v) is 7.93. The van der Waals surface area contributed by atoms with Gasteiger partial charge in [0.15, 0.2) is 0 Å². The molecule has 1 aliphatic rings. The van der Waals surface area contributed by atoms with Crippen molar-refractivity contribution in [2.45, 2.75) is 18.9 Å². The van der Waals surface area contributed by atoms with Gasteiger partial charge in [-0.05, 0) is 35.2 Å². The molecule has 1 N–H and O–H groups in total. The highest BCUT2D eigenvalue weighted by atomic mass is 35.5. The van der Waals surface area contributed by atoms with E-state index < -0.39 is 0 Å². The zero-order valence-corrected chi connectivity index (χ0v) is 15.0. The summed E-state index contributed by atoms with van der Waals surface area (Å²) in [5.41, 5.74) is 1.44. The van der Waals surface area contributed by atoms with E-state index >= 15 is 0 Å². The van der Waals surface area contributed by atoms with Crippen molar-refractivity contribution in [2.75, 3.05) is 26.2 Å². The van der Waals surface area contributed by atoms with Crippen LogP contribution in [0.15, 0.2) is 55.1 Å². The van der Waals surface area contributed by atoms with Crippen molar-refractivity contribution in [2.24, 2.45) is 0 Å². The predicted molar refractivity (Wildman–Crippen MR) is 105 cm³/mol. The van der Waals surface area contributed by atoms with Crippen LogP contribution in [0.1, 0.15) is 24.4 Å². The van der Waals surface area contributed by atoms with Gasteiger partial charge in [0.2, 0.25) is 0 Å². The highest BCUT2D eigenvalue weighted by molar-refractivity contribution is 5.85. The van der Waals surface area contributed by atoms with E-state index in [-0.39, 0.29) is 24.8 Å². The Bertz CT molecular complexity index is 609. The van der Waals surface area contributed by atoms with Crippen molar-refractivity contribution in [3.8, 4) is 0 Å². The number of hydrogen-bond acceptors (Lipinski definition) is 2. The summed E-state index contributed by atoms with van der Waals surface area (Å²) >= 11 is 0. The molecule has 0 unspecified atom stereocenters. The average Bonchev–Trinajstić information content (AvgIpc) is 2.56. The minimum absolute atomic E-state index is 0. The van der Waals surface area contributed by atoms with Gasteiger partial charge in [-0.3, -0.25) is 4.90 Å².